The molecule has 0 amide bonds. The van der Waals surface area contributed by atoms with Crippen molar-refractivity contribution in [3.8, 4) is 5.75 Å². The van der Waals surface area contributed by atoms with Gasteiger partial charge in [-0.2, -0.15) is 0 Å². The summed E-state index contributed by atoms with van der Waals surface area (Å²) in [4.78, 5) is 0. The Kier molecular flexibility index (Phi) is 3.75. The van der Waals surface area contributed by atoms with Gasteiger partial charge in [-0.15, -0.1) is 0 Å². The van der Waals surface area contributed by atoms with Gasteiger partial charge in [-0.1, -0.05) is 35.9 Å². The van der Waals surface area contributed by atoms with Crippen molar-refractivity contribution in [3.63, 3.8) is 0 Å². The van der Waals surface area contributed by atoms with Crippen LogP contribution in [0.5, 0.6) is 5.75 Å². The Balaban J connectivity index is 1.70. The zero-order valence-electron chi connectivity index (χ0n) is 12.1. The minimum atomic E-state index is 0.510. The van der Waals surface area contributed by atoms with Crippen LogP contribution in [0.25, 0.3) is 0 Å². The molecule has 2 aromatic rings. The average molecular weight is 267 g/mol. The largest absolute Gasteiger partial charge is 0.489 e. The summed E-state index contributed by atoms with van der Waals surface area (Å²) in [5.74, 6) is 0.974. The number of hydrogen-bond donors (Lipinski definition) is 1. The molecule has 1 atom stereocenters. The van der Waals surface area contributed by atoms with Gasteiger partial charge in [0.1, 0.15) is 12.4 Å². The quantitative estimate of drug-likeness (QED) is 0.910. The molecule has 104 valence electrons. The van der Waals surface area contributed by atoms with Crippen LogP contribution in [-0.2, 0) is 13.0 Å². The predicted octanol–water partition coefficient (Wildman–Crippen LogP) is 3.78. The van der Waals surface area contributed by atoms with Crippen LogP contribution in [0.3, 0.4) is 0 Å². The molecule has 1 unspecified atom stereocenters. The number of hydrogen-bond acceptors (Lipinski definition) is 2. The molecule has 0 saturated carbocycles. The fraction of sp³-hybridized carbons (Fsp3) is 0.333. The maximum absolute atomic E-state index is 5.92. The van der Waals surface area contributed by atoms with Crippen LogP contribution in [0.4, 0.5) is 0 Å². The van der Waals surface area contributed by atoms with Crippen LogP contribution >= 0.6 is 0 Å². The van der Waals surface area contributed by atoms with Crippen LogP contribution in [0, 0.1) is 6.92 Å². The molecule has 0 heterocycles. The van der Waals surface area contributed by atoms with E-state index in [0.29, 0.717) is 12.6 Å². The van der Waals surface area contributed by atoms with E-state index >= 15 is 0 Å². The van der Waals surface area contributed by atoms with Gasteiger partial charge in [0.15, 0.2) is 0 Å². The Bertz CT molecular complexity index is 606. The number of nitrogens with one attached hydrogen (secondary N) is 1. The summed E-state index contributed by atoms with van der Waals surface area (Å²) in [7, 11) is 2.03. The number of ether oxygens (including phenoxy) is 1. The lowest BCUT2D eigenvalue weighted by Crippen LogP contribution is -2.12. The number of rotatable bonds is 4. The molecule has 1 aliphatic rings. The normalized spacial score (nSPS) is 17.0. The first-order valence-corrected chi connectivity index (χ1v) is 7.24. The lowest BCUT2D eigenvalue weighted by molar-refractivity contribution is 0.306. The van der Waals surface area contributed by atoms with Gasteiger partial charge in [-0.05, 0) is 55.6 Å². The van der Waals surface area contributed by atoms with Crippen molar-refractivity contribution in [2.24, 2.45) is 0 Å². The van der Waals surface area contributed by atoms with E-state index in [9.17, 15) is 0 Å². The van der Waals surface area contributed by atoms with Crippen molar-refractivity contribution >= 4 is 0 Å². The molecule has 0 spiro atoms. The molecular weight excluding hydrogens is 246 g/mol. The van der Waals surface area contributed by atoms with E-state index in [1.165, 1.54) is 28.7 Å². The summed E-state index contributed by atoms with van der Waals surface area (Å²) in [5, 5.41) is 3.36. The van der Waals surface area contributed by atoms with E-state index in [0.717, 1.165) is 12.2 Å². The van der Waals surface area contributed by atoms with Gasteiger partial charge in [0, 0.05) is 6.04 Å². The van der Waals surface area contributed by atoms with Gasteiger partial charge >= 0.3 is 0 Å². The molecule has 0 bridgehead atoms. The number of fused-ring (bicyclic) bond motifs is 1. The molecule has 0 radical (unpaired) electrons. The van der Waals surface area contributed by atoms with E-state index in [2.05, 4.69) is 54.7 Å². The Hall–Kier alpha value is -1.80. The van der Waals surface area contributed by atoms with E-state index in [1.807, 2.05) is 7.05 Å². The van der Waals surface area contributed by atoms with E-state index in [1.54, 1.807) is 0 Å². The third kappa shape index (κ3) is 2.70. The smallest absolute Gasteiger partial charge is 0.120 e. The van der Waals surface area contributed by atoms with Crippen LogP contribution in [0.15, 0.2) is 42.5 Å². The first-order valence-electron chi connectivity index (χ1n) is 7.24. The van der Waals surface area contributed by atoms with Crippen molar-refractivity contribution in [3.05, 3.63) is 64.7 Å². The highest BCUT2D eigenvalue weighted by Crippen LogP contribution is 2.33. The van der Waals surface area contributed by atoms with Gasteiger partial charge in [0.2, 0.25) is 0 Å². The monoisotopic (exact) mass is 267 g/mol. The molecule has 0 aromatic heterocycles. The van der Waals surface area contributed by atoms with Gasteiger partial charge in [0.25, 0.3) is 0 Å². The van der Waals surface area contributed by atoms with Crippen molar-refractivity contribution in [2.75, 3.05) is 7.05 Å². The summed E-state index contributed by atoms with van der Waals surface area (Å²) < 4.78 is 5.92. The fourth-order valence-electron chi connectivity index (χ4n) is 2.95. The lowest BCUT2D eigenvalue weighted by atomic mass is 10.1. The van der Waals surface area contributed by atoms with E-state index < -0.39 is 0 Å². The highest BCUT2D eigenvalue weighted by molar-refractivity contribution is 5.40. The average Bonchev–Trinajstić information content (AvgIpc) is 2.87. The Labute approximate surface area is 120 Å². The van der Waals surface area contributed by atoms with Gasteiger partial charge in [0.05, 0.1) is 0 Å². The maximum Gasteiger partial charge on any atom is 0.120 e. The van der Waals surface area contributed by atoms with Crippen molar-refractivity contribution < 1.29 is 4.74 Å². The van der Waals surface area contributed by atoms with Gasteiger partial charge < -0.3 is 10.1 Å². The fourth-order valence-corrected chi connectivity index (χ4v) is 2.95. The minimum absolute atomic E-state index is 0.510. The molecule has 1 aliphatic carbocycles. The van der Waals surface area contributed by atoms with Crippen LogP contribution < -0.4 is 10.1 Å². The molecule has 0 saturated heterocycles. The second-order valence-electron chi connectivity index (χ2n) is 5.52. The van der Waals surface area contributed by atoms with E-state index in [-0.39, 0.29) is 0 Å². The Morgan fingerprint density at radius 2 is 2.10 bits per heavy atom. The highest BCUT2D eigenvalue weighted by Gasteiger charge is 2.20. The zero-order valence-corrected chi connectivity index (χ0v) is 12.1. The summed E-state index contributed by atoms with van der Waals surface area (Å²) in [6.07, 6.45) is 2.33. The van der Waals surface area contributed by atoms with Gasteiger partial charge in [-0.3, -0.25) is 0 Å². The van der Waals surface area contributed by atoms with E-state index in [4.69, 9.17) is 4.74 Å². The Morgan fingerprint density at radius 1 is 1.20 bits per heavy atom. The molecule has 1 N–H and O–H groups in total. The minimum Gasteiger partial charge on any atom is -0.489 e. The molecule has 3 rings (SSSR count). The highest BCUT2D eigenvalue weighted by atomic mass is 16.5. The van der Waals surface area contributed by atoms with Crippen LogP contribution in [0.2, 0.25) is 0 Å². The summed E-state index contributed by atoms with van der Waals surface area (Å²) in [6, 6.07) is 15.5. The van der Waals surface area contributed by atoms with Gasteiger partial charge in [-0.25, -0.2) is 0 Å². The molecule has 0 aliphatic heterocycles. The predicted molar refractivity (Wildman–Crippen MR) is 82.1 cm³/mol. The van der Waals surface area contributed by atoms with Crippen molar-refractivity contribution in [1.29, 1.82) is 0 Å². The summed E-state index contributed by atoms with van der Waals surface area (Å²) in [6.45, 7) is 2.74. The molecular formula is C18H21NO. The topological polar surface area (TPSA) is 21.3 Å². The zero-order chi connectivity index (χ0) is 13.9. The van der Waals surface area contributed by atoms with Crippen molar-refractivity contribution in [1.82, 2.24) is 5.32 Å². The first kappa shape index (κ1) is 13.2. The molecule has 2 aromatic carbocycles. The standard InChI is InChI=1S/C18H21NO/c1-13-4-3-5-14(10-13)12-20-16-7-8-17-15(11-16)6-9-18(17)19-2/h3-5,7-8,10-11,18-19H,6,9,12H2,1-2H3. The number of aryl methyl sites for hydroxylation is 2. The maximum atomic E-state index is 5.92. The molecule has 2 heteroatoms. The van der Waals surface area contributed by atoms with Crippen LogP contribution in [-0.4, -0.2) is 7.05 Å². The molecule has 0 fully saturated rings. The third-order valence-corrected chi connectivity index (χ3v) is 4.03. The second-order valence-corrected chi connectivity index (χ2v) is 5.52. The first-order chi connectivity index (χ1) is 9.76. The lowest BCUT2D eigenvalue weighted by Gasteiger charge is -2.11. The third-order valence-electron chi connectivity index (χ3n) is 4.03. The number of benzene rings is 2. The summed E-state index contributed by atoms with van der Waals surface area (Å²) in [5.41, 5.74) is 5.34. The SMILES string of the molecule is CNC1CCc2cc(OCc3cccc(C)c3)ccc21. The molecule has 2 nitrogen and oxygen atoms in total. The van der Waals surface area contributed by atoms with Crippen LogP contribution in [0.1, 0.15) is 34.7 Å². The second kappa shape index (κ2) is 5.68. The van der Waals surface area contributed by atoms with Crippen molar-refractivity contribution in [2.45, 2.75) is 32.4 Å². The molecule has 20 heavy (non-hydrogen) atoms. The Morgan fingerprint density at radius 3 is 2.90 bits per heavy atom. The summed E-state index contributed by atoms with van der Waals surface area (Å²) >= 11 is 0.